The highest BCUT2D eigenvalue weighted by atomic mass is 16.5. The molecule has 0 saturated heterocycles. The summed E-state index contributed by atoms with van der Waals surface area (Å²) in [7, 11) is 4.07. The lowest BCUT2D eigenvalue weighted by Crippen LogP contribution is -2.19. The van der Waals surface area contributed by atoms with Crippen molar-refractivity contribution in [3.8, 4) is 5.75 Å². The summed E-state index contributed by atoms with van der Waals surface area (Å²) >= 11 is 0. The molecule has 2 rings (SSSR count). The number of rotatable bonds is 6. The van der Waals surface area contributed by atoms with Crippen LogP contribution in [0.25, 0.3) is 12.2 Å². The Balaban J connectivity index is 1.90. The molecule has 0 atom stereocenters. The van der Waals surface area contributed by atoms with Crippen molar-refractivity contribution in [1.29, 1.82) is 0 Å². The summed E-state index contributed by atoms with van der Waals surface area (Å²) in [5.74, 6) is 0.904. The zero-order chi connectivity index (χ0) is 14.2. The van der Waals surface area contributed by atoms with E-state index >= 15 is 0 Å². The molecule has 0 fully saturated rings. The molecule has 0 radical (unpaired) electrons. The van der Waals surface area contributed by atoms with Crippen molar-refractivity contribution in [2.24, 2.45) is 0 Å². The Bertz CT molecular complexity index is 533. The number of hydrogen-bond acceptors (Lipinski definition) is 3. The minimum atomic E-state index is 0.704. The zero-order valence-electron chi connectivity index (χ0n) is 12.0. The van der Waals surface area contributed by atoms with Gasteiger partial charge in [-0.3, -0.25) is 4.98 Å². The molecular weight excluding hydrogens is 248 g/mol. The van der Waals surface area contributed by atoms with Crippen LogP contribution in [0.4, 0.5) is 0 Å². The molecule has 0 spiro atoms. The molecule has 104 valence electrons. The largest absolute Gasteiger partial charge is 0.492 e. The first-order valence-corrected chi connectivity index (χ1v) is 6.71. The lowest BCUT2D eigenvalue weighted by molar-refractivity contribution is 0.261. The Morgan fingerprint density at radius 1 is 1.05 bits per heavy atom. The number of nitrogens with zero attached hydrogens (tertiary/aromatic N) is 2. The molecule has 2 aromatic rings. The third-order valence-corrected chi connectivity index (χ3v) is 2.82. The van der Waals surface area contributed by atoms with Crippen molar-refractivity contribution in [3.05, 3.63) is 59.9 Å². The number of aromatic nitrogens is 1. The Hall–Kier alpha value is -2.13. The van der Waals surface area contributed by atoms with Gasteiger partial charge in [-0.1, -0.05) is 24.3 Å². The van der Waals surface area contributed by atoms with Crippen LogP contribution in [0.2, 0.25) is 0 Å². The summed E-state index contributed by atoms with van der Waals surface area (Å²) in [5.41, 5.74) is 2.09. The molecular formula is C17H20N2O. The molecule has 0 aliphatic heterocycles. The first kappa shape index (κ1) is 14.3. The van der Waals surface area contributed by atoms with Gasteiger partial charge < -0.3 is 9.64 Å². The van der Waals surface area contributed by atoms with E-state index in [2.05, 4.69) is 9.88 Å². The van der Waals surface area contributed by atoms with Gasteiger partial charge in [0.05, 0.1) is 5.69 Å². The van der Waals surface area contributed by atoms with Gasteiger partial charge in [0.25, 0.3) is 0 Å². The van der Waals surface area contributed by atoms with Gasteiger partial charge in [0.1, 0.15) is 12.4 Å². The van der Waals surface area contributed by atoms with Crippen LogP contribution in [-0.2, 0) is 0 Å². The van der Waals surface area contributed by atoms with Crippen molar-refractivity contribution >= 4 is 12.2 Å². The molecule has 3 nitrogen and oxygen atoms in total. The van der Waals surface area contributed by atoms with Gasteiger partial charge in [-0.2, -0.15) is 0 Å². The molecule has 0 aliphatic rings. The Kier molecular flexibility index (Phi) is 5.33. The van der Waals surface area contributed by atoms with Gasteiger partial charge in [0.15, 0.2) is 0 Å². The van der Waals surface area contributed by atoms with Crippen LogP contribution in [0.5, 0.6) is 5.75 Å². The first-order valence-electron chi connectivity index (χ1n) is 6.71. The Morgan fingerprint density at radius 2 is 1.85 bits per heavy atom. The van der Waals surface area contributed by atoms with Crippen molar-refractivity contribution < 1.29 is 4.74 Å². The summed E-state index contributed by atoms with van der Waals surface area (Å²) in [4.78, 5) is 6.35. The summed E-state index contributed by atoms with van der Waals surface area (Å²) < 4.78 is 5.66. The highest BCUT2D eigenvalue weighted by molar-refractivity contribution is 5.68. The van der Waals surface area contributed by atoms with Crippen molar-refractivity contribution in [2.75, 3.05) is 27.2 Å². The molecule has 3 heteroatoms. The average molecular weight is 268 g/mol. The molecule has 0 aliphatic carbocycles. The second kappa shape index (κ2) is 7.46. The van der Waals surface area contributed by atoms with E-state index in [1.165, 1.54) is 0 Å². The van der Waals surface area contributed by atoms with Crippen LogP contribution >= 0.6 is 0 Å². The van der Waals surface area contributed by atoms with Gasteiger partial charge in [0, 0.05) is 12.7 Å². The first-order chi connectivity index (χ1) is 9.74. The van der Waals surface area contributed by atoms with E-state index in [4.69, 9.17) is 4.74 Å². The maximum absolute atomic E-state index is 5.66. The molecule has 0 bridgehead atoms. The van der Waals surface area contributed by atoms with Gasteiger partial charge in [0.2, 0.25) is 0 Å². The van der Waals surface area contributed by atoms with Gasteiger partial charge in [-0.05, 0) is 50.0 Å². The van der Waals surface area contributed by atoms with Crippen LogP contribution in [0.15, 0.2) is 48.7 Å². The molecule has 0 unspecified atom stereocenters. The summed E-state index contributed by atoms with van der Waals surface area (Å²) in [6, 6.07) is 14.0. The fourth-order valence-corrected chi connectivity index (χ4v) is 1.68. The van der Waals surface area contributed by atoms with Crippen LogP contribution in [0, 0.1) is 0 Å². The topological polar surface area (TPSA) is 25.4 Å². The van der Waals surface area contributed by atoms with Crippen molar-refractivity contribution in [2.45, 2.75) is 0 Å². The van der Waals surface area contributed by atoms with Crippen LogP contribution < -0.4 is 4.74 Å². The van der Waals surface area contributed by atoms with E-state index < -0.39 is 0 Å². The molecule has 1 aromatic heterocycles. The maximum Gasteiger partial charge on any atom is 0.119 e. The van der Waals surface area contributed by atoms with E-state index in [-0.39, 0.29) is 0 Å². The second-order valence-corrected chi connectivity index (χ2v) is 4.81. The fraction of sp³-hybridized carbons (Fsp3) is 0.235. The van der Waals surface area contributed by atoms with Gasteiger partial charge in [-0.15, -0.1) is 0 Å². The van der Waals surface area contributed by atoms with Gasteiger partial charge >= 0.3 is 0 Å². The average Bonchev–Trinajstić information content (AvgIpc) is 2.47. The predicted molar refractivity (Wildman–Crippen MR) is 83.7 cm³/mol. The van der Waals surface area contributed by atoms with Crippen molar-refractivity contribution in [1.82, 2.24) is 9.88 Å². The lowest BCUT2D eigenvalue weighted by atomic mass is 10.2. The van der Waals surface area contributed by atoms with E-state index in [9.17, 15) is 0 Å². The highest BCUT2D eigenvalue weighted by Crippen LogP contribution is 2.14. The fourth-order valence-electron chi connectivity index (χ4n) is 1.68. The van der Waals surface area contributed by atoms with Crippen LogP contribution in [0.3, 0.4) is 0 Å². The minimum absolute atomic E-state index is 0.704. The van der Waals surface area contributed by atoms with E-state index in [0.29, 0.717) is 6.61 Å². The molecule has 0 N–H and O–H groups in total. The molecule has 20 heavy (non-hydrogen) atoms. The van der Waals surface area contributed by atoms with Crippen LogP contribution in [0.1, 0.15) is 11.3 Å². The summed E-state index contributed by atoms with van der Waals surface area (Å²) in [6.07, 6.45) is 5.84. The predicted octanol–water partition coefficient (Wildman–Crippen LogP) is 3.19. The number of pyridine rings is 1. The SMILES string of the molecule is CN(C)CCOc1ccc(C=Cc2ccccn2)cc1. The quantitative estimate of drug-likeness (QED) is 0.804. The third-order valence-electron chi connectivity index (χ3n) is 2.82. The zero-order valence-corrected chi connectivity index (χ0v) is 12.0. The van der Waals surface area contributed by atoms with E-state index in [1.54, 1.807) is 6.20 Å². The normalized spacial score (nSPS) is 11.2. The summed E-state index contributed by atoms with van der Waals surface area (Å²) in [6.45, 7) is 1.62. The van der Waals surface area contributed by atoms with E-state index in [1.807, 2.05) is 68.7 Å². The molecule has 1 heterocycles. The molecule has 1 aromatic carbocycles. The standard InChI is InChI=1S/C17H20N2O/c1-19(2)13-14-20-17-10-7-15(8-11-17)6-9-16-5-3-4-12-18-16/h3-12H,13-14H2,1-2H3. The van der Waals surface area contributed by atoms with Crippen LogP contribution in [-0.4, -0.2) is 37.1 Å². The molecule has 0 saturated carbocycles. The third kappa shape index (κ3) is 4.86. The van der Waals surface area contributed by atoms with E-state index in [0.717, 1.165) is 23.6 Å². The number of hydrogen-bond donors (Lipinski definition) is 0. The number of ether oxygens (including phenoxy) is 1. The minimum Gasteiger partial charge on any atom is -0.492 e. The van der Waals surface area contributed by atoms with Gasteiger partial charge in [-0.25, -0.2) is 0 Å². The lowest BCUT2D eigenvalue weighted by Gasteiger charge is -2.10. The second-order valence-electron chi connectivity index (χ2n) is 4.81. The summed E-state index contributed by atoms with van der Waals surface area (Å²) in [5, 5.41) is 0. The Morgan fingerprint density at radius 3 is 2.50 bits per heavy atom. The number of benzene rings is 1. The maximum atomic E-state index is 5.66. The highest BCUT2D eigenvalue weighted by Gasteiger charge is 1.95. The molecule has 0 amide bonds. The monoisotopic (exact) mass is 268 g/mol. The smallest absolute Gasteiger partial charge is 0.119 e. The number of likely N-dealkylation sites (N-methyl/N-ethyl adjacent to an activating group) is 1. The van der Waals surface area contributed by atoms with Crippen molar-refractivity contribution in [3.63, 3.8) is 0 Å². The Labute approximate surface area is 120 Å².